The molecule has 2 aliphatic rings. The molecule has 2 saturated heterocycles. The van der Waals surface area contributed by atoms with Gasteiger partial charge in [-0.05, 0) is 59.7 Å². The number of carbonyl (C=O) groups excluding carboxylic acids is 4. The Hall–Kier alpha value is -3.13. The lowest BCUT2D eigenvalue weighted by Crippen LogP contribution is -2.69. The first-order valence-corrected chi connectivity index (χ1v) is 22.2. The van der Waals surface area contributed by atoms with E-state index >= 15 is 0 Å². The maximum absolute atomic E-state index is 14.0. The molecule has 2 aromatic carbocycles. The zero-order valence-electron chi connectivity index (χ0n) is 31.4. The van der Waals surface area contributed by atoms with E-state index in [0.717, 1.165) is 11.1 Å². The summed E-state index contributed by atoms with van der Waals surface area (Å²) >= 11 is 0. The molecule has 9 nitrogen and oxygen atoms in total. The highest BCUT2D eigenvalue weighted by Gasteiger charge is 2.63. The topological polar surface area (TPSA) is 102 Å². The van der Waals surface area contributed by atoms with Crippen LogP contribution in [0.3, 0.4) is 0 Å². The van der Waals surface area contributed by atoms with Crippen molar-refractivity contribution in [2.45, 2.75) is 141 Å². The number of amides is 4. The summed E-state index contributed by atoms with van der Waals surface area (Å²) in [6.45, 7) is 24.1. The van der Waals surface area contributed by atoms with E-state index in [9.17, 15) is 19.2 Å². The third-order valence-corrected chi connectivity index (χ3v) is 24.1. The van der Waals surface area contributed by atoms with Crippen LogP contribution in [0.4, 0.5) is 4.79 Å². The second-order valence-electron chi connectivity index (χ2n) is 15.9. The van der Waals surface area contributed by atoms with Gasteiger partial charge in [0.25, 0.3) is 11.8 Å². The second kappa shape index (κ2) is 14.6. The fraction of sp³-hybridized carbons (Fsp3) is 0.579. The fourth-order valence-electron chi connectivity index (χ4n) is 7.65. The number of carbonyl (C=O) groups is 4. The highest BCUT2D eigenvalue weighted by molar-refractivity contribution is 6.94. The van der Waals surface area contributed by atoms with Crippen LogP contribution in [0.1, 0.15) is 106 Å². The Morgan fingerprint density at radius 1 is 0.653 bits per heavy atom. The van der Waals surface area contributed by atoms with Gasteiger partial charge in [-0.3, -0.25) is 19.3 Å². The van der Waals surface area contributed by atoms with Crippen LogP contribution >= 0.6 is 0 Å². The molecule has 4 amide bonds. The predicted octanol–water partition coefficient (Wildman–Crippen LogP) is 8.48. The molecule has 0 aromatic heterocycles. The van der Waals surface area contributed by atoms with Gasteiger partial charge in [0.15, 0.2) is 28.8 Å². The first kappa shape index (κ1) is 38.7. The van der Waals surface area contributed by atoms with E-state index in [-0.39, 0.29) is 34.0 Å². The number of β-lactam (4-membered cyclic amide) rings is 2. The van der Waals surface area contributed by atoms with E-state index in [1.165, 1.54) is 16.7 Å². The monoisotopic (exact) mass is 708 g/mol. The Morgan fingerprint density at radius 2 is 1.00 bits per heavy atom. The third kappa shape index (κ3) is 7.36. The summed E-state index contributed by atoms with van der Waals surface area (Å²) in [5, 5.41) is 0. The molecule has 0 saturated carbocycles. The van der Waals surface area contributed by atoms with Crippen LogP contribution in [-0.4, -0.2) is 68.1 Å². The normalized spacial score (nSPS) is 21.8. The summed E-state index contributed by atoms with van der Waals surface area (Å²) in [6, 6.07) is 18.0. The van der Waals surface area contributed by atoms with Gasteiger partial charge >= 0.3 is 6.09 Å². The van der Waals surface area contributed by atoms with Crippen LogP contribution in [0.5, 0.6) is 0 Å². The molecular formula is C38H56N2O7Si2. The number of hydrogen-bond donors (Lipinski definition) is 0. The van der Waals surface area contributed by atoms with Gasteiger partial charge in [0, 0.05) is 6.92 Å². The third-order valence-electron chi connectivity index (χ3n) is 10.5. The maximum atomic E-state index is 14.0. The smallest absolute Gasteiger partial charge is 0.417 e. The fourth-order valence-corrected chi connectivity index (χ4v) is 23.5. The Balaban J connectivity index is 1.77. The molecule has 49 heavy (non-hydrogen) atoms. The number of hydrogen-bond acceptors (Lipinski definition) is 7. The summed E-state index contributed by atoms with van der Waals surface area (Å²) < 4.78 is 20.3. The molecule has 4 rings (SSSR count). The van der Waals surface area contributed by atoms with Crippen LogP contribution in [-0.2, 0) is 28.0 Å². The number of nitrogens with zero attached hydrogens (tertiary/aromatic N) is 2. The molecular weight excluding hydrogens is 653 g/mol. The molecule has 2 aliphatic heterocycles. The molecule has 0 N–H and O–H groups in total. The molecule has 0 aliphatic carbocycles. The second-order valence-corrected chi connectivity index (χ2v) is 26.2. The van der Waals surface area contributed by atoms with Gasteiger partial charge in [-0.1, -0.05) is 116 Å². The summed E-state index contributed by atoms with van der Waals surface area (Å²) in [5.74, 6) is -1.02. The van der Waals surface area contributed by atoms with Crippen molar-refractivity contribution in [3.8, 4) is 0 Å². The van der Waals surface area contributed by atoms with Crippen molar-refractivity contribution in [1.82, 2.24) is 9.80 Å². The molecule has 4 atom stereocenters. The lowest BCUT2D eigenvalue weighted by molar-refractivity contribution is -0.172. The van der Waals surface area contributed by atoms with E-state index in [1.54, 1.807) is 20.8 Å². The van der Waals surface area contributed by atoms with Gasteiger partial charge in [0.2, 0.25) is 5.91 Å². The van der Waals surface area contributed by atoms with Crippen molar-refractivity contribution in [1.29, 1.82) is 0 Å². The molecule has 2 aromatic rings. The number of benzene rings is 2. The van der Waals surface area contributed by atoms with Crippen LogP contribution in [0.2, 0.25) is 27.8 Å². The van der Waals surface area contributed by atoms with Crippen molar-refractivity contribution in [3.63, 3.8) is 0 Å². The van der Waals surface area contributed by atoms with Crippen molar-refractivity contribution < 1.29 is 32.8 Å². The molecule has 2 fully saturated rings. The highest BCUT2D eigenvalue weighted by Crippen LogP contribution is 2.52. The number of imide groups is 2. The SMILES string of the molecule is CC(=O)N1C(=O)[C@H](O[Si](C[Si](O[C@H]2C(=O)N(C(=O)OC(C)(C)C)[C@H]2c2ccccc2)(C(C)C)C(C)C)(C(C)C)C(C)C)[C@@H]1c1ccccc1. The Kier molecular flexibility index (Phi) is 11.5. The summed E-state index contributed by atoms with van der Waals surface area (Å²) in [4.78, 5) is 56.3. The van der Waals surface area contributed by atoms with Crippen molar-refractivity contribution >= 4 is 40.4 Å². The van der Waals surface area contributed by atoms with Crippen LogP contribution in [0, 0.1) is 0 Å². The molecule has 0 radical (unpaired) electrons. The first-order valence-electron chi connectivity index (χ1n) is 17.6. The Bertz CT molecular complexity index is 1490. The molecule has 2 heterocycles. The van der Waals surface area contributed by atoms with Crippen molar-refractivity contribution in [3.05, 3.63) is 71.8 Å². The zero-order valence-corrected chi connectivity index (χ0v) is 33.4. The minimum absolute atomic E-state index is 0.0796. The molecule has 0 spiro atoms. The summed E-state index contributed by atoms with van der Waals surface area (Å²) in [7, 11) is -5.86. The summed E-state index contributed by atoms with van der Waals surface area (Å²) in [6.07, 6.45) is -2.35. The minimum atomic E-state index is -2.94. The average molecular weight is 709 g/mol. The molecule has 0 unspecified atom stereocenters. The van der Waals surface area contributed by atoms with E-state index in [2.05, 4.69) is 55.4 Å². The maximum Gasteiger partial charge on any atom is 0.417 e. The lowest BCUT2D eigenvalue weighted by atomic mass is 9.91. The minimum Gasteiger partial charge on any atom is -0.443 e. The standard InChI is InChI=1S/C38H56N2O7Si2/c1-24(2)48(25(3)4,46-33-31(29-19-15-13-16-20-29)39(28(9)41)35(33)42)23-49(26(5)6,27(7)8)47-34-32(30-21-17-14-18-22-30)40(36(34)43)37(44)45-38(10,11)12/h13-22,24-27,31-34H,23H2,1-12H3/t31-,32-,33+,34+/m0/s1. The van der Waals surface area contributed by atoms with Crippen molar-refractivity contribution in [2.75, 3.05) is 0 Å². The summed E-state index contributed by atoms with van der Waals surface area (Å²) in [5.41, 5.74) is 1.88. The number of likely N-dealkylation sites (tertiary alicyclic amines) is 2. The number of ether oxygens (including phenoxy) is 1. The zero-order chi connectivity index (χ0) is 36.6. The van der Waals surface area contributed by atoms with Gasteiger partial charge in [0.05, 0.1) is 6.04 Å². The first-order chi connectivity index (χ1) is 22.8. The van der Waals surface area contributed by atoms with E-state index in [1.807, 2.05) is 60.7 Å². The van der Waals surface area contributed by atoms with Gasteiger partial charge in [-0.15, -0.1) is 0 Å². The van der Waals surface area contributed by atoms with Gasteiger partial charge < -0.3 is 13.6 Å². The van der Waals surface area contributed by atoms with E-state index < -0.39 is 58.5 Å². The van der Waals surface area contributed by atoms with E-state index in [4.69, 9.17) is 13.6 Å². The average Bonchev–Trinajstić information content (AvgIpc) is 3.00. The van der Waals surface area contributed by atoms with Crippen molar-refractivity contribution in [2.24, 2.45) is 0 Å². The van der Waals surface area contributed by atoms with E-state index in [0.29, 0.717) is 5.67 Å². The molecule has 11 heteroatoms. The van der Waals surface area contributed by atoms with Crippen LogP contribution in [0.25, 0.3) is 0 Å². The quantitative estimate of drug-likeness (QED) is 0.161. The molecule has 0 bridgehead atoms. The highest BCUT2D eigenvalue weighted by atomic mass is 28.4. The molecule has 268 valence electrons. The van der Waals surface area contributed by atoms with Crippen LogP contribution < -0.4 is 0 Å². The van der Waals surface area contributed by atoms with Crippen LogP contribution in [0.15, 0.2) is 60.7 Å². The van der Waals surface area contributed by atoms with Gasteiger partial charge in [-0.2, -0.15) is 0 Å². The Morgan fingerprint density at radius 3 is 1.33 bits per heavy atom. The largest absolute Gasteiger partial charge is 0.443 e. The Labute approximate surface area is 294 Å². The predicted molar refractivity (Wildman–Crippen MR) is 195 cm³/mol. The van der Waals surface area contributed by atoms with Gasteiger partial charge in [0.1, 0.15) is 11.6 Å². The number of rotatable bonds is 12. The van der Waals surface area contributed by atoms with Gasteiger partial charge in [-0.25, -0.2) is 9.69 Å². The lowest BCUT2D eigenvalue weighted by Gasteiger charge is -2.55.